The number of nitrogens with zero attached hydrogens (tertiary/aromatic N) is 1. The molecule has 1 saturated heterocycles. The number of ether oxygens (including phenoxy) is 1. The van der Waals surface area contributed by atoms with Crippen LogP contribution in [0, 0.1) is 0 Å². The van der Waals surface area contributed by atoms with Crippen LogP contribution in [-0.4, -0.2) is 49.0 Å². The fourth-order valence-electron chi connectivity index (χ4n) is 2.22. The van der Waals surface area contributed by atoms with Crippen LogP contribution >= 0.6 is 0 Å². The second-order valence-corrected chi connectivity index (χ2v) is 4.26. The Kier molecular flexibility index (Phi) is 5.45. The van der Waals surface area contributed by atoms with Crippen LogP contribution in [0.3, 0.4) is 0 Å². The molecule has 14 heavy (non-hydrogen) atoms. The standard InChI is InChI=1S/C11H23NO2/c1-10(13)9-11-5-3-4-6-12(11)7-8-14-2/h10-11,13H,3-9H2,1-2H3. The summed E-state index contributed by atoms with van der Waals surface area (Å²) in [6, 6.07) is 0.568. The molecule has 0 saturated carbocycles. The maximum absolute atomic E-state index is 9.39. The third-order valence-electron chi connectivity index (χ3n) is 2.94. The molecule has 0 bridgehead atoms. The second kappa shape index (κ2) is 6.38. The summed E-state index contributed by atoms with van der Waals surface area (Å²) >= 11 is 0. The molecule has 0 amide bonds. The van der Waals surface area contributed by atoms with Crippen molar-refractivity contribution in [3.05, 3.63) is 0 Å². The Balaban J connectivity index is 2.33. The number of piperidine rings is 1. The number of methoxy groups -OCH3 is 1. The number of aliphatic hydroxyl groups is 1. The van der Waals surface area contributed by atoms with Gasteiger partial charge in [0.1, 0.15) is 0 Å². The summed E-state index contributed by atoms with van der Waals surface area (Å²) in [5.74, 6) is 0. The van der Waals surface area contributed by atoms with E-state index in [-0.39, 0.29) is 6.10 Å². The third kappa shape index (κ3) is 3.95. The van der Waals surface area contributed by atoms with Crippen molar-refractivity contribution in [1.29, 1.82) is 0 Å². The highest BCUT2D eigenvalue weighted by molar-refractivity contribution is 4.78. The first kappa shape index (κ1) is 12.0. The van der Waals surface area contributed by atoms with Crippen molar-refractivity contribution in [2.45, 2.75) is 44.8 Å². The van der Waals surface area contributed by atoms with Gasteiger partial charge in [0.2, 0.25) is 0 Å². The van der Waals surface area contributed by atoms with Crippen molar-refractivity contribution >= 4 is 0 Å². The summed E-state index contributed by atoms with van der Waals surface area (Å²) in [4.78, 5) is 2.46. The van der Waals surface area contributed by atoms with E-state index < -0.39 is 0 Å². The van der Waals surface area contributed by atoms with Gasteiger partial charge in [0, 0.05) is 19.7 Å². The lowest BCUT2D eigenvalue weighted by molar-refractivity contribution is 0.0636. The Hall–Kier alpha value is -0.120. The lowest BCUT2D eigenvalue weighted by atomic mass is 9.97. The van der Waals surface area contributed by atoms with Crippen LogP contribution in [0.15, 0.2) is 0 Å². The van der Waals surface area contributed by atoms with Crippen LogP contribution < -0.4 is 0 Å². The molecule has 1 heterocycles. The topological polar surface area (TPSA) is 32.7 Å². The third-order valence-corrected chi connectivity index (χ3v) is 2.94. The molecule has 0 aromatic heterocycles. The fraction of sp³-hybridized carbons (Fsp3) is 1.00. The monoisotopic (exact) mass is 201 g/mol. The van der Waals surface area contributed by atoms with Crippen molar-refractivity contribution in [2.24, 2.45) is 0 Å². The summed E-state index contributed by atoms with van der Waals surface area (Å²) in [6.07, 6.45) is 4.56. The van der Waals surface area contributed by atoms with Crippen LogP contribution in [0.2, 0.25) is 0 Å². The second-order valence-electron chi connectivity index (χ2n) is 4.26. The average molecular weight is 201 g/mol. The van der Waals surface area contributed by atoms with Crippen molar-refractivity contribution in [3.8, 4) is 0 Å². The van der Waals surface area contributed by atoms with Crippen molar-refractivity contribution in [3.63, 3.8) is 0 Å². The molecular weight excluding hydrogens is 178 g/mol. The van der Waals surface area contributed by atoms with Gasteiger partial charge in [-0.25, -0.2) is 0 Å². The molecule has 84 valence electrons. The van der Waals surface area contributed by atoms with Gasteiger partial charge in [-0.2, -0.15) is 0 Å². The molecular formula is C11H23NO2. The number of hydrogen-bond donors (Lipinski definition) is 1. The molecule has 2 unspecified atom stereocenters. The number of likely N-dealkylation sites (tertiary alicyclic amines) is 1. The van der Waals surface area contributed by atoms with E-state index in [1.807, 2.05) is 6.92 Å². The van der Waals surface area contributed by atoms with Crippen molar-refractivity contribution in [2.75, 3.05) is 26.8 Å². The van der Waals surface area contributed by atoms with Gasteiger partial charge in [-0.3, -0.25) is 4.90 Å². The molecule has 0 spiro atoms. The predicted molar refractivity (Wildman–Crippen MR) is 57.4 cm³/mol. The first-order valence-corrected chi connectivity index (χ1v) is 5.65. The van der Waals surface area contributed by atoms with E-state index in [4.69, 9.17) is 4.74 Å². The highest BCUT2D eigenvalue weighted by Gasteiger charge is 2.22. The van der Waals surface area contributed by atoms with Gasteiger partial charge in [0.05, 0.1) is 12.7 Å². The van der Waals surface area contributed by atoms with Gasteiger partial charge in [-0.1, -0.05) is 6.42 Å². The molecule has 0 aromatic rings. The molecule has 1 aliphatic rings. The zero-order valence-electron chi connectivity index (χ0n) is 9.41. The number of aliphatic hydroxyl groups excluding tert-OH is 1. The molecule has 1 N–H and O–H groups in total. The van der Waals surface area contributed by atoms with Gasteiger partial charge in [0.15, 0.2) is 0 Å². The normalized spacial score (nSPS) is 26.4. The molecule has 3 heteroatoms. The summed E-state index contributed by atoms with van der Waals surface area (Å²) in [5.41, 5.74) is 0. The van der Waals surface area contributed by atoms with Crippen LogP contribution in [0.25, 0.3) is 0 Å². The summed E-state index contributed by atoms with van der Waals surface area (Å²) < 4.78 is 5.09. The first-order chi connectivity index (χ1) is 6.74. The van der Waals surface area contributed by atoms with Crippen LogP contribution in [0.4, 0.5) is 0 Å². The van der Waals surface area contributed by atoms with E-state index in [0.29, 0.717) is 6.04 Å². The Bertz CT molecular complexity index is 150. The minimum Gasteiger partial charge on any atom is -0.393 e. The molecule has 2 atom stereocenters. The Labute approximate surface area is 87.1 Å². The zero-order chi connectivity index (χ0) is 10.4. The highest BCUT2D eigenvalue weighted by atomic mass is 16.5. The lowest BCUT2D eigenvalue weighted by Crippen LogP contribution is -2.42. The molecule has 0 radical (unpaired) electrons. The lowest BCUT2D eigenvalue weighted by Gasteiger charge is -2.36. The number of rotatable bonds is 5. The molecule has 1 rings (SSSR count). The minimum atomic E-state index is -0.178. The summed E-state index contributed by atoms with van der Waals surface area (Å²) in [6.45, 7) is 4.86. The van der Waals surface area contributed by atoms with Crippen LogP contribution in [0.1, 0.15) is 32.6 Å². The average Bonchev–Trinajstić information content (AvgIpc) is 2.16. The Morgan fingerprint density at radius 2 is 2.29 bits per heavy atom. The van der Waals surface area contributed by atoms with E-state index >= 15 is 0 Å². The molecule has 0 aromatic carbocycles. The van der Waals surface area contributed by atoms with E-state index in [0.717, 1.165) is 19.6 Å². The van der Waals surface area contributed by atoms with Crippen LogP contribution in [-0.2, 0) is 4.74 Å². The quantitative estimate of drug-likeness (QED) is 0.727. The van der Waals surface area contributed by atoms with Crippen molar-refractivity contribution < 1.29 is 9.84 Å². The first-order valence-electron chi connectivity index (χ1n) is 5.65. The fourth-order valence-corrected chi connectivity index (χ4v) is 2.22. The Morgan fingerprint density at radius 1 is 1.50 bits per heavy atom. The summed E-state index contributed by atoms with van der Waals surface area (Å²) in [7, 11) is 1.74. The minimum absolute atomic E-state index is 0.178. The smallest absolute Gasteiger partial charge is 0.0589 e. The van der Waals surface area contributed by atoms with Gasteiger partial charge in [-0.05, 0) is 32.7 Å². The maximum atomic E-state index is 9.39. The van der Waals surface area contributed by atoms with Gasteiger partial charge < -0.3 is 9.84 Å². The molecule has 0 aliphatic carbocycles. The molecule has 1 aliphatic heterocycles. The van der Waals surface area contributed by atoms with Gasteiger partial charge in [-0.15, -0.1) is 0 Å². The van der Waals surface area contributed by atoms with E-state index in [2.05, 4.69) is 4.90 Å². The van der Waals surface area contributed by atoms with E-state index in [1.54, 1.807) is 7.11 Å². The zero-order valence-corrected chi connectivity index (χ0v) is 9.41. The largest absolute Gasteiger partial charge is 0.393 e. The van der Waals surface area contributed by atoms with Crippen molar-refractivity contribution in [1.82, 2.24) is 4.90 Å². The highest BCUT2D eigenvalue weighted by Crippen LogP contribution is 2.20. The van der Waals surface area contributed by atoms with Crippen LogP contribution in [0.5, 0.6) is 0 Å². The predicted octanol–water partition coefficient (Wildman–Crippen LogP) is 1.26. The Morgan fingerprint density at radius 3 is 2.93 bits per heavy atom. The SMILES string of the molecule is COCCN1CCCCC1CC(C)O. The van der Waals surface area contributed by atoms with Gasteiger partial charge >= 0.3 is 0 Å². The van der Waals surface area contributed by atoms with E-state index in [9.17, 15) is 5.11 Å². The summed E-state index contributed by atoms with van der Waals surface area (Å²) in [5, 5.41) is 9.39. The van der Waals surface area contributed by atoms with Gasteiger partial charge in [0.25, 0.3) is 0 Å². The van der Waals surface area contributed by atoms with E-state index in [1.165, 1.54) is 25.8 Å². The maximum Gasteiger partial charge on any atom is 0.0589 e. The molecule has 1 fully saturated rings. The number of hydrogen-bond acceptors (Lipinski definition) is 3. The molecule has 3 nitrogen and oxygen atoms in total.